The van der Waals surface area contributed by atoms with E-state index in [0.29, 0.717) is 10.6 Å². The normalized spacial score (nSPS) is 26.9. The summed E-state index contributed by atoms with van der Waals surface area (Å²) < 4.78 is 0. The Balaban J connectivity index is 1.54. The van der Waals surface area contributed by atoms with Gasteiger partial charge in [0.2, 0.25) is 0 Å². The molecule has 2 aliphatic carbocycles. The minimum atomic E-state index is -1.04. The Kier molecular flexibility index (Phi) is 5.13. The summed E-state index contributed by atoms with van der Waals surface area (Å²) in [5, 5.41) is 2.50. The topological polar surface area (TPSA) is 74.8 Å². The molecule has 2 bridgehead atoms. The number of benzene rings is 2. The maximum absolute atomic E-state index is 13.6. The number of hydrazine groups is 1. The van der Waals surface area contributed by atoms with Crippen LogP contribution < -0.4 is 0 Å². The minimum absolute atomic E-state index is 0.180. The van der Waals surface area contributed by atoms with Crippen LogP contribution in [0.25, 0.3) is 0 Å². The fraction of sp³-hybridized carbons (Fsp3) is 0.360. The van der Waals surface area contributed by atoms with Gasteiger partial charge in [-0.2, -0.15) is 5.01 Å². The summed E-state index contributed by atoms with van der Waals surface area (Å²) in [6.07, 6.45) is 2.76. The van der Waals surface area contributed by atoms with E-state index < -0.39 is 11.9 Å². The second-order valence-corrected chi connectivity index (χ2v) is 9.37. The van der Waals surface area contributed by atoms with Crippen LogP contribution in [0.2, 0.25) is 5.02 Å². The Morgan fingerprint density at radius 1 is 0.906 bits per heavy atom. The molecule has 7 heteroatoms. The molecular weight excluding hydrogens is 428 g/mol. The van der Waals surface area contributed by atoms with E-state index in [4.69, 9.17) is 11.6 Å². The molecule has 6 nitrogen and oxygen atoms in total. The van der Waals surface area contributed by atoms with Crippen LogP contribution >= 0.6 is 11.6 Å². The molecule has 0 N–H and O–H groups in total. The Morgan fingerprint density at radius 2 is 1.47 bits per heavy atom. The van der Waals surface area contributed by atoms with E-state index in [1.165, 1.54) is 12.1 Å². The number of imide groups is 1. The van der Waals surface area contributed by atoms with E-state index in [1.807, 2.05) is 0 Å². The third kappa shape index (κ3) is 3.16. The maximum Gasteiger partial charge on any atom is 0.273 e. The van der Waals surface area contributed by atoms with Gasteiger partial charge in [0.25, 0.3) is 17.7 Å². The zero-order valence-corrected chi connectivity index (χ0v) is 18.4. The lowest BCUT2D eigenvalue weighted by molar-refractivity contribution is -0.157. The number of hydrogen-bond acceptors (Lipinski definition) is 4. The molecule has 3 amide bonds. The van der Waals surface area contributed by atoms with Crippen molar-refractivity contribution >= 4 is 35.1 Å². The van der Waals surface area contributed by atoms with Gasteiger partial charge in [0, 0.05) is 16.1 Å². The molecule has 5 atom stereocenters. The number of Topliss-reactive ketones (excluding diaryl/α,β-unsaturated/α-hetero) is 1. The maximum atomic E-state index is 13.6. The third-order valence-electron chi connectivity index (χ3n) is 7.22. The summed E-state index contributed by atoms with van der Waals surface area (Å²) in [5.41, 5.74) is 0.663. The van der Waals surface area contributed by atoms with Gasteiger partial charge in [-0.3, -0.25) is 19.2 Å². The number of fused-ring (bicyclic) bond motifs is 5. The lowest BCUT2D eigenvalue weighted by Crippen LogP contribution is -2.56. The van der Waals surface area contributed by atoms with Crippen molar-refractivity contribution in [2.24, 2.45) is 23.7 Å². The zero-order valence-electron chi connectivity index (χ0n) is 17.6. The van der Waals surface area contributed by atoms with E-state index >= 15 is 0 Å². The summed E-state index contributed by atoms with van der Waals surface area (Å²) in [6.45, 7) is 1.56. The number of nitrogens with zero attached hydrogens (tertiary/aromatic N) is 2. The van der Waals surface area contributed by atoms with Crippen LogP contribution in [-0.2, 0) is 9.59 Å². The first-order valence-corrected chi connectivity index (χ1v) is 11.3. The lowest BCUT2D eigenvalue weighted by Gasteiger charge is -2.35. The van der Waals surface area contributed by atoms with Gasteiger partial charge in [-0.05, 0) is 62.3 Å². The molecule has 0 radical (unpaired) electrons. The monoisotopic (exact) mass is 450 g/mol. The smallest absolute Gasteiger partial charge is 0.273 e. The largest absolute Gasteiger partial charge is 0.292 e. The second kappa shape index (κ2) is 7.85. The highest BCUT2D eigenvalue weighted by molar-refractivity contribution is 6.30. The first-order chi connectivity index (χ1) is 15.4. The summed E-state index contributed by atoms with van der Waals surface area (Å²) in [5.74, 6) is -2.05. The van der Waals surface area contributed by atoms with E-state index in [1.54, 1.807) is 49.4 Å². The van der Waals surface area contributed by atoms with Crippen molar-refractivity contribution in [2.75, 3.05) is 0 Å². The number of carbonyl (C=O) groups excluding carboxylic acids is 4. The molecule has 1 saturated heterocycles. The van der Waals surface area contributed by atoms with Crippen molar-refractivity contribution in [3.05, 3.63) is 70.7 Å². The molecule has 5 rings (SSSR count). The Hall–Kier alpha value is -2.99. The summed E-state index contributed by atoms with van der Waals surface area (Å²) in [6, 6.07) is 13.8. The molecule has 3 aliphatic rings. The van der Waals surface area contributed by atoms with E-state index in [0.717, 1.165) is 29.3 Å². The van der Waals surface area contributed by atoms with Crippen molar-refractivity contribution in [3.63, 3.8) is 0 Å². The van der Waals surface area contributed by atoms with E-state index in [2.05, 4.69) is 0 Å². The summed E-state index contributed by atoms with van der Waals surface area (Å²) >= 11 is 5.97. The van der Waals surface area contributed by atoms with Gasteiger partial charge >= 0.3 is 0 Å². The van der Waals surface area contributed by atoms with Gasteiger partial charge in [-0.1, -0.05) is 41.9 Å². The van der Waals surface area contributed by atoms with Crippen LogP contribution in [0.4, 0.5) is 0 Å². The predicted molar refractivity (Wildman–Crippen MR) is 118 cm³/mol. The van der Waals surface area contributed by atoms with Crippen molar-refractivity contribution in [2.45, 2.75) is 32.2 Å². The zero-order chi connectivity index (χ0) is 22.6. The highest BCUT2D eigenvalue weighted by atomic mass is 35.5. The van der Waals surface area contributed by atoms with Crippen molar-refractivity contribution < 1.29 is 19.2 Å². The first-order valence-electron chi connectivity index (χ1n) is 10.9. The molecule has 1 heterocycles. The molecule has 1 aliphatic heterocycles. The molecule has 0 unspecified atom stereocenters. The molecule has 0 aromatic heterocycles. The molecule has 3 fully saturated rings. The van der Waals surface area contributed by atoms with E-state index in [9.17, 15) is 19.2 Å². The van der Waals surface area contributed by atoms with Gasteiger partial charge in [0.1, 0.15) is 6.04 Å². The molecule has 32 heavy (non-hydrogen) atoms. The van der Waals surface area contributed by atoms with Crippen LogP contribution in [0.15, 0.2) is 54.6 Å². The van der Waals surface area contributed by atoms with Crippen LogP contribution in [0, 0.1) is 23.7 Å². The van der Waals surface area contributed by atoms with Crippen LogP contribution in [0.3, 0.4) is 0 Å². The fourth-order valence-corrected chi connectivity index (χ4v) is 5.85. The van der Waals surface area contributed by atoms with Crippen molar-refractivity contribution in [3.8, 4) is 0 Å². The second-order valence-electron chi connectivity index (χ2n) is 8.94. The number of ketones is 1. The number of rotatable bonds is 5. The number of hydrogen-bond donors (Lipinski definition) is 0. The quantitative estimate of drug-likeness (QED) is 0.509. The average Bonchev–Trinajstić information content (AvgIpc) is 3.49. The van der Waals surface area contributed by atoms with Gasteiger partial charge in [-0.15, -0.1) is 0 Å². The standard InChI is InChI=1S/C25H23ClN2O4/c1-14(22(29)15-5-3-2-4-6-15)27(23(30)16-9-11-19(26)12-10-16)28-24(31)20-17-7-8-18(13-17)21(20)25(28)32/h2-6,9-12,14,17-18,20-21H,7-8,13H2,1H3/t14-,17-,18-,20-,21+/m0/s1. The number of amides is 3. The van der Waals surface area contributed by atoms with Crippen molar-refractivity contribution in [1.82, 2.24) is 10.0 Å². The van der Waals surface area contributed by atoms with Gasteiger partial charge in [-0.25, -0.2) is 5.01 Å². The molecular formula is C25H23ClN2O4. The Labute approximate surface area is 191 Å². The van der Waals surface area contributed by atoms with Crippen molar-refractivity contribution in [1.29, 1.82) is 0 Å². The fourth-order valence-electron chi connectivity index (χ4n) is 5.72. The molecule has 2 saturated carbocycles. The molecule has 164 valence electrons. The highest BCUT2D eigenvalue weighted by Gasteiger charge is 2.63. The van der Waals surface area contributed by atoms with Crippen LogP contribution in [0.1, 0.15) is 46.9 Å². The number of carbonyl (C=O) groups is 4. The van der Waals surface area contributed by atoms with Gasteiger partial charge < -0.3 is 0 Å². The average molecular weight is 451 g/mol. The highest BCUT2D eigenvalue weighted by Crippen LogP contribution is 2.56. The van der Waals surface area contributed by atoms with Crippen LogP contribution in [0.5, 0.6) is 0 Å². The summed E-state index contributed by atoms with van der Waals surface area (Å²) in [7, 11) is 0. The van der Waals surface area contributed by atoms with Gasteiger partial charge in [0.15, 0.2) is 5.78 Å². The minimum Gasteiger partial charge on any atom is -0.292 e. The van der Waals surface area contributed by atoms with Crippen LogP contribution in [-0.4, -0.2) is 39.6 Å². The Bertz CT molecular complexity index is 1070. The Morgan fingerprint density at radius 3 is 2.03 bits per heavy atom. The third-order valence-corrected chi connectivity index (χ3v) is 7.48. The lowest BCUT2D eigenvalue weighted by atomic mass is 9.81. The summed E-state index contributed by atoms with van der Waals surface area (Å²) in [4.78, 5) is 53.8. The predicted octanol–water partition coefficient (Wildman–Crippen LogP) is 4.00. The molecule has 2 aromatic rings. The first kappa shape index (κ1) is 20.9. The number of halogens is 1. The molecule has 0 spiro atoms. The SMILES string of the molecule is C[C@@H](C(=O)c1ccccc1)N(C(=O)c1ccc(Cl)cc1)N1C(=O)[C@@H]2[C@H]3CC[C@@H](C3)[C@@H]2C1=O. The van der Waals surface area contributed by atoms with E-state index in [-0.39, 0.29) is 46.8 Å². The van der Waals surface area contributed by atoms with Gasteiger partial charge in [0.05, 0.1) is 11.8 Å². The molecule has 2 aromatic carbocycles.